The number of carbonyl (C=O) groups is 2. The van der Waals surface area contributed by atoms with Crippen LogP contribution in [0.15, 0.2) is 0 Å². The zero-order valence-electron chi connectivity index (χ0n) is 16.1. The Kier molecular flexibility index (Phi) is 12.0. The Morgan fingerprint density at radius 3 is 1.50 bits per heavy atom. The summed E-state index contributed by atoms with van der Waals surface area (Å²) in [5.74, 6) is -2.43. The van der Waals surface area contributed by atoms with Gasteiger partial charge in [-0.25, -0.2) is 0 Å². The van der Waals surface area contributed by atoms with Crippen LogP contribution in [-0.2, 0) is 9.59 Å². The van der Waals surface area contributed by atoms with E-state index in [-0.39, 0.29) is 26.7 Å². The van der Waals surface area contributed by atoms with E-state index in [1.54, 1.807) is 20.8 Å². The van der Waals surface area contributed by atoms with Gasteiger partial charge in [0.05, 0.1) is 0 Å². The molecule has 0 bridgehead atoms. The molecule has 0 fully saturated rings. The molecule has 0 aliphatic heterocycles. The molecule has 0 atom stereocenters. The van der Waals surface area contributed by atoms with Gasteiger partial charge in [-0.2, -0.15) is 0 Å². The summed E-state index contributed by atoms with van der Waals surface area (Å²) in [4.78, 5) is 23.1. The van der Waals surface area contributed by atoms with Gasteiger partial charge in [0.2, 0.25) is 0 Å². The van der Waals surface area contributed by atoms with Crippen molar-refractivity contribution in [3.8, 4) is 0 Å². The Balaban J connectivity index is -0.00000200. The smallest absolute Gasteiger partial charge is 1.00 e. The summed E-state index contributed by atoms with van der Waals surface area (Å²) in [5.41, 5.74) is -2.49. The third-order valence-electron chi connectivity index (χ3n) is 4.42. The standard InChI is InChI=1S/C17H32O4.Li.H/c1-5-6-7-8-9-10-11-12-13-17(14(18)19,15(20)21)16(2,3)4;;/h5-13H2,1-4H3,(H,18,19)(H,20,21);;/q;+1;-1. The van der Waals surface area contributed by atoms with E-state index in [4.69, 9.17) is 0 Å². The van der Waals surface area contributed by atoms with Gasteiger partial charge in [-0.05, 0) is 11.8 Å². The molecule has 0 heterocycles. The summed E-state index contributed by atoms with van der Waals surface area (Å²) < 4.78 is 0. The van der Waals surface area contributed by atoms with Crippen molar-refractivity contribution in [2.75, 3.05) is 0 Å². The van der Waals surface area contributed by atoms with E-state index < -0.39 is 22.8 Å². The molecule has 0 aromatic carbocycles. The summed E-state index contributed by atoms with van der Waals surface area (Å²) in [6, 6.07) is 0. The fourth-order valence-electron chi connectivity index (χ4n) is 2.85. The molecule has 4 nitrogen and oxygen atoms in total. The summed E-state index contributed by atoms with van der Waals surface area (Å²) in [6.45, 7) is 7.27. The molecule has 0 aliphatic rings. The molecule has 5 heteroatoms. The Morgan fingerprint density at radius 2 is 1.18 bits per heavy atom. The second-order valence-corrected chi connectivity index (χ2v) is 6.99. The van der Waals surface area contributed by atoms with Gasteiger partial charge >= 0.3 is 30.8 Å². The predicted molar refractivity (Wildman–Crippen MR) is 85.5 cm³/mol. The minimum atomic E-state index is -1.69. The molecule has 0 amide bonds. The molecule has 0 saturated carbocycles. The maximum Gasteiger partial charge on any atom is 1.00 e. The summed E-state index contributed by atoms with van der Waals surface area (Å²) in [7, 11) is 0. The van der Waals surface area contributed by atoms with Crippen molar-refractivity contribution < 1.29 is 40.1 Å². The zero-order valence-corrected chi connectivity index (χ0v) is 15.1. The molecule has 22 heavy (non-hydrogen) atoms. The van der Waals surface area contributed by atoms with Crippen LogP contribution >= 0.6 is 0 Å². The Hall–Kier alpha value is -0.463. The van der Waals surface area contributed by atoms with E-state index >= 15 is 0 Å². The number of aliphatic carboxylic acids is 2. The van der Waals surface area contributed by atoms with Crippen molar-refractivity contribution in [2.45, 2.75) is 85.5 Å². The fraction of sp³-hybridized carbons (Fsp3) is 0.882. The van der Waals surface area contributed by atoms with Crippen LogP contribution < -0.4 is 18.9 Å². The van der Waals surface area contributed by atoms with Crippen LogP contribution in [0.3, 0.4) is 0 Å². The van der Waals surface area contributed by atoms with E-state index in [0.29, 0.717) is 6.42 Å². The number of carboxylic acid groups (broad SMARTS) is 2. The summed E-state index contributed by atoms with van der Waals surface area (Å²) in [6.07, 6.45) is 8.95. The molecule has 0 aromatic heterocycles. The van der Waals surface area contributed by atoms with E-state index in [2.05, 4.69) is 6.92 Å². The second-order valence-electron chi connectivity index (χ2n) is 6.99. The molecule has 0 saturated heterocycles. The second kappa shape index (κ2) is 11.1. The maximum atomic E-state index is 11.6. The average Bonchev–Trinajstić information content (AvgIpc) is 2.34. The van der Waals surface area contributed by atoms with Crippen LogP contribution in [0.5, 0.6) is 0 Å². The first kappa shape index (κ1) is 23.8. The van der Waals surface area contributed by atoms with E-state index in [1.165, 1.54) is 25.7 Å². The van der Waals surface area contributed by atoms with Crippen LogP contribution in [0, 0.1) is 10.8 Å². The number of hydrogen-bond donors (Lipinski definition) is 2. The van der Waals surface area contributed by atoms with Gasteiger partial charge in [0.15, 0.2) is 5.41 Å². The first-order chi connectivity index (χ1) is 9.70. The van der Waals surface area contributed by atoms with Crippen LogP contribution in [0.1, 0.15) is 86.9 Å². The van der Waals surface area contributed by atoms with Crippen molar-refractivity contribution in [2.24, 2.45) is 10.8 Å². The number of hydrogen-bond acceptors (Lipinski definition) is 2. The fourth-order valence-corrected chi connectivity index (χ4v) is 2.85. The Labute approximate surface area is 148 Å². The van der Waals surface area contributed by atoms with Gasteiger partial charge in [-0.1, -0.05) is 79.1 Å². The van der Waals surface area contributed by atoms with Gasteiger partial charge < -0.3 is 11.6 Å². The molecule has 0 spiro atoms. The third-order valence-corrected chi connectivity index (χ3v) is 4.42. The van der Waals surface area contributed by atoms with Crippen LogP contribution in [0.4, 0.5) is 0 Å². The van der Waals surface area contributed by atoms with E-state index in [0.717, 1.165) is 19.3 Å². The minimum Gasteiger partial charge on any atom is -1.00 e. The number of unbranched alkanes of at least 4 members (excludes halogenated alkanes) is 7. The molecular formula is C17H33LiO4. The zero-order chi connectivity index (χ0) is 16.5. The quantitative estimate of drug-likeness (QED) is 0.347. The topological polar surface area (TPSA) is 74.6 Å². The minimum absolute atomic E-state index is 0. The predicted octanol–water partition coefficient (Wildman–Crippen LogP) is 1.84. The molecule has 126 valence electrons. The first-order valence-corrected chi connectivity index (χ1v) is 8.17. The SMILES string of the molecule is CCCCCCCCCCC(C(=O)O)(C(=O)O)C(C)(C)C.[H-].[Li+]. The molecule has 0 aromatic rings. The molecule has 0 rings (SSSR count). The van der Waals surface area contributed by atoms with Crippen LogP contribution in [-0.4, -0.2) is 22.2 Å². The molecule has 0 aliphatic carbocycles. The van der Waals surface area contributed by atoms with Crippen molar-refractivity contribution in [3.05, 3.63) is 0 Å². The average molecular weight is 308 g/mol. The third kappa shape index (κ3) is 6.75. The molecule has 0 radical (unpaired) electrons. The van der Waals surface area contributed by atoms with Gasteiger partial charge in [0.1, 0.15) is 0 Å². The van der Waals surface area contributed by atoms with E-state index in [1.807, 2.05) is 0 Å². The number of carboxylic acids is 2. The van der Waals surface area contributed by atoms with Gasteiger partial charge in [-0.3, -0.25) is 9.59 Å². The monoisotopic (exact) mass is 308 g/mol. The van der Waals surface area contributed by atoms with Crippen LogP contribution in [0.2, 0.25) is 0 Å². The van der Waals surface area contributed by atoms with Crippen molar-refractivity contribution in [3.63, 3.8) is 0 Å². The molecular weight excluding hydrogens is 275 g/mol. The Bertz CT molecular complexity index is 326. The normalized spacial score (nSPS) is 11.8. The number of rotatable bonds is 11. The van der Waals surface area contributed by atoms with Gasteiger partial charge in [-0.15, -0.1) is 0 Å². The van der Waals surface area contributed by atoms with Gasteiger partial charge in [0.25, 0.3) is 0 Å². The molecule has 2 N–H and O–H groups in total. The van der Waals surface area contributed by atoms with Crippen molar-refractivity contribution in [1.82, 2.24) is 0 Å². The van der Waals surface area contributed by atoms with Crippen LogP contribution in [0.25, 0.3) is 0 Å². The summed E-state index contributed by atoms with van der Waals surface area (Å²) >= 11 is 0. The Morgan fingerprint density at radius 1 is 0.818 bits per heavy atom. The van der Waals surface area contributed by atoms with Crippen molar-refractivity contribution >= 4 is 11.9 Å². The van der Waals surface area contributed by atoms with Gasteiger partial charge in [0, 0.05) is 0 Å². The van der Waals surface area contributed by atoms with E-state index in [9.17, 15) is 19.8 Å². The first-order valence-electron chi connectivity index (χ1n) is 8.17. The molecule has 0 unspecified atom stereocenters. The van der Waals surface area contributed by atoms with Crippen molar-refractivity contribution in [1.29, 1.82) is 0 Å². The largest absolute Gasteiger partial charge is 1.00 e. The summed E-state index contributed by atoms with van der Waals surface area (Å²) in [5, 5.41) is 18.9. The maximum absolute atomic E-state index is 11.6.